The summed E-state index contributed by atoms with van der Waals surface area (Å²) in [5.41, 5.74) is 1.69. The molecule has 0 unspecified atom stereocenters. The first kappa shape index (κ1) is 17.5. The van der Waals surface area contributed by atoms with Gasteiger partial charge in [-0.05, 0) is 42.3 Å². The van der Waals surface area contributed by atoms with Crippen LogP contribution in [0.1, 0.15) is 17.5 Å². The summed E-state index contributed by atoms with van der Waals surface area (Å²) >= 11 is 0. The number of esters is 1. The Labute approximate surface area is 149 Å². The minimum Gasteiger partial charge on any atom is -0.493 e. The zero-order chi connectivity index (χ0) is 18.7. The maximum atomic E-state index is 12.4. The fourth-order valence-electron chi connectivity index (χ4n) is 2.65. The van der Waals surface area contributed by atoms with E-state index in [-0.39, 0.29) is 17.8 Å². The van der Waals surface area contributed by atoms with E-state index in [0.717, 1.165) is 17.2 Å². The lowest BCUT2D eigenvalue weighted by Gasteiger charge is -2.10. The fraction of sp³-hybridized carbons (Fsp3) is 0.200. The van der Waals surface area contributed by atoms with Crippen LogP contribution in [-0.2, 0) is 4.74 Å². The minimum atomic E-state index is -0.657. The van der Waals surface area contributed by atoms with Crippen LogP contribution in [0.5, 0.6) is 11.5 Å². The molecule has 1 aromatic heterocycles. The highest BCUT2D eigenvalue weighted by atomic mass is 16.5. The third-order valence-corrected chi connectivity index (χ3v) is 3.92. The van der Waals surface area contributed by atoms with E-state index in [1.807, 2.05) is 18.2 Å². The van der Waals surface area contributed by atoms with Gasteiger partial charge in [0.2, 0.25) is 5.76 Å². The van der Waals surface area contributed by atoms with Gasteiger partial charge in [0.25, 0.3) is 0 Å². The standard InChI is InChI=1S/C20H18O6/c1-4-25-20(22)19-11-15(21)14-9-12(5-7-16(14)26-19)13-6-8-17(23-2)18(10-13)24-3/h5-11H,4H2,1-3H3. The van der Waals surface area contributed by atoms with Crippen LogP contribution >= 0.6 is 0 Å². The van der Waals surface area contributed by atoms with Crippen LogP contribution in [-0.4, -0.2) is 26.8 Å². The molecule has 0 bridgehead atoms. The molecule has 0 aliphatic rings. The van der Waals surface area contributed by atoms with E-state index in [2.05, 4.69) is 0 Å². The van der Waals surface area contributed by atoms with Gasteiger partial charge >= 0.3 is 5.97 Å². The van der Waals surface area contributed by atoms with Crippen molar-refractivity contribution < 1.29 is 23.4 Å². The molecule has 0 spiro atoms. The number of hydrogen-bond acceptors (Lipinski definition) is 6. The maximum Gasteiger partial charge on any atom is 0.374 e. The zero-order valence-electron chi connectivity index (χ0n) is 14.7. The highest BCUT2D eigenvalue weighted by Gasteiger charge is 2.14. The molecule has 2 aromatic carbocycles. The minimum absolute atomic E-state index is 0.108. The Balaban J connectivity index is 2.07. The van der Waals surface area contributed by atoms with E-state index in [4.69, 9.17) is 18.6 Å². The second-order valence-corrected chi connectivity index (χ2v) is 5.48. The SMILES string of the molecule is CCOC(=O)c1cc(=O)c2cc(-c3ccc(OC)c(OC)c3)ccc2o1. The number of ether oxygens (including phenoxy) is 3. The van der Waals surface area contributed by atoms with E-state index in [0.29, 0.717) is 22.5 Å². The third kappa shape index (κ3) is 3.26. The highest BCUT2D eigenvalue weighted by molar-refractivity contribution is 5.90. The molecule has 0 saturated carbocycles. The molecule has 0 amide bonds. The third-order valence-electron chi connectivity index (χ3n) is 3.92. The molecule has 0 atom stereocenters. The average Bonchev–Trinajstić information content (AvgIpc) is 2.67. The monoisotopic (exact) mass is 354 g/mol. The van der Waals surface area contributed by atoms with E-state index < -0.39 is 5.97 Å². The normalized spacial score (nSPS) is 10.6. The first-order valence-electron chi connectivity index (χ1n) is 8.04. The largest absolute Gasteiger partial charge is 0.493 e. The van der Waals surface area contributed by atoms with Crippen LogP contribution in [0, 0.1) is 0 Å². The van der Waals surface area contributed by atoms with Gasteiger partial charge in [-0.1, -0.05) is 12.1 Å². The smallest absolute Gasteiger partial charge is 0.374 e. The molecular weight excluding hydrogens is 336 g/mol. The molecule has 0 aliphatic carbocycles. The second-order valence-electron chi connectivity index (χ2n) is 5.48. The number of rotatable bonds is 5. The molecule has 0 N–H and O–H groups in total. The molecular formula is C20H18O6. The molecule has 26 heavy (non-hydrogen) atoms. The summed E-state index contributed by atoms with van der Waals surface area (Å²) in [5.74, 6) is 0.448. The number of methoxy groups -OCH3 is 2. The number of benzene rings is 2. The molecule has 0 fully saturated rings. The Hall–Kier alpha value is -3.28. The summed E-state index contributed by atoms with van der Waals surface area (Å²) in [6.07, 6.45) is 0. The summed E-state index contributed by atoms with van der Waals surface area (Å²) in [6.45, 7) is 1.89. The van der Waals surface area contributed by atoms with Crippen LogP contribution in [0.2, 0.25) is 0 Å². The number of carbonyl (C=O) groups excluding carboxylic acids is 1. The van der Waals surface area contributed by atoms with E-state index in [9.17, 15) is 9.59 Å². The summed E-state index contributed by atoms with van der Waals surface area (Å²) < 4.78 is 20.9. The summed E-state index contributed by atoms with van der Waals surface area (Å²) in [4.78, 5) is 24.2. The molecule has 1 heterocycles. The summed E-state index contributed by atoms with van der Waals surface area (Å²) in [6, 6.07) is 11.8. The van der Waals surface area contributed by atoms with Gasteiger partial charge in [-0.15, -0.1) is 0 Å². The van der Waals surface area contributed by atoms with Crippen molar-refractivity contribution in [1.82, 2.24) is 0 Å². The Bertz CT molecular complexity index is 1020. The Morgan fingerprint density at radius 2 is 1.65 bits per heavy atom. The van der Waals surface area contributed by atoms with E-state index in [1.165, 1.54) is 0 Å². The predicted molar refractivity (Wildman–Crippen MR) is 97.0 cm³/mol. The van der Waals surface area contributed by atoms with Gasteiger partial charge in [0.1, 0.15) is 5.58 Å². The molecule has 0 aliphatic heterocycles. The van der Waals surface area contributed by atoms with Crippen LogP contribution < -0.4 is 14.9 Å². The van der Waals surface area contributed by atoms with Crippen molar-refractivity contribution in [1.29, 1.82) is 0 Å². The molecule has 0 radical (unpaired) electrons. The second kappa shape index (κ2) is 7.31. The van der Waals surface area contributed by atoms with Crippen LogP contribution in [0.15, 0.2) is 51.7 Å². The van der Waals surface area contributed by atoms with Gasteiger partial charge in [0.15, 0.2) is 16.9 Å². The van der Waals surface area contributed by atoms with Crippen LogP contribution in [0.4, 0.5) is 0 Å². The van der Waals surface area contributed by atoms with Crippen molar-refractivity contribution in [2.24, 2.45) is 0 Å². The van der Waals surface area contributed by atoms with Gasteiger partial charge in [-0.3, -0.25) is 4.79 Å². The number of fused-ring (bicyclic) bond motifs is 1. The van der Waals surface area contributed by atoms with Gasteiger partial charge in [-0.2, -0.15) is 0 Å². The average molecular weight is 354 g/mol. The van der Waals surface area contributed by atoms with E-state index in [1.54, 1.807) is 39.3 Å². The lowest BCUT2D eigenvalue weighted by atomic mass is 10.0. The first-order chi connectivity index (χ1) is 12.6. The Morgan fingerprint density at radius 3 is 2.35 bits per heavy atom. The Kier molecular flexibility index (Phi) is 4.93. The fourth-order valence-corrected chi connectivity index (χ4v) is 2.65. The van der Waals surface area contributed by atoms with Crippen molar-refractivity contribution in [3.63, 3.8) is 0 Å². The predicted octanol–water partition coefficient (Wildman–Crippen LogP) is 3.65. The van der Waals surface area contributed by atoms with Gasteiger partial charge in [-0.25, -0.2) is 4.79 Å². The number of carbonyl (C=O) groups is 1. The molecule has 6 heteroatoms. The topological polar surface area (TPSA) is 75.0 Å². The van der Waals surface area contributed by atoms with Gasteiger partial charge in [0.05, 0.1) is 26.2 Å². The summed E-state index contributed by atoms with van der Waals surface area (Å²) in [7, 11) is 3.13. The Morgan fingerprint density at radius 1 is 0.962 bits per heavy atom. The molecule has 0 saturated heterocycles. The van der Waals surface area contributed by atoms with Gasteiger partial charge < -0.3 is 18.6 Å². The molecule has 3 aromatic rings. The van der Waals surface area contributed by atoms with Crippen molar-refractivity contribution in [3.05, 3.63) is 58.4 Å². The quantitative estimate of drug-likeness (QED) is 0.651. The lowest BCUT2D eigenvalue weighted by Crippen LogP contribution is -2.10. The van der Waals surface area contributed by atoms with Gasteiger partial charge in [0, 0.05) is 6.07 Å². The number of hydrogen-bond donors (Lipinski definition) is 0. The first-order valence-corrected chi connectivity index (χ1v) is 8.04. The highest BCUT2D eigenvalue weighted by Crippen LogP contribution is 2.33. The van der Waals surface area contributed by atoms with E-state index >= 15 is 0 Å². The lowest BCUT2D eigenvalue weighted by molar-refractivity contribution is 0.0490. The maximum absolute atomic E-state index is 12.4. The van der Waals surface area contributed by atoms with Crippen molar-refractivity contribution in [3.8, 4) is 22.6 Å². The summed E-state index contributed by atoms with van der Waals surface area (Å²) in [5, 5.41) is 0.380. The van der Waals surface area contributed by atoms with Crippen molar-refractivity contribution >= 4 is 16.9 Å². The molecule has 3 rings (SSSR count). The molecule has 6 nitrogen and oxygen atoms in total. The zero-order valence-corrected chi connectivity index (χ0v) is 14.7. The van der Waals surface area contributed by atoms with Crippen LogP contribution in [0.3, 0.4) is 0 Å². The van der Waals surface area contributed by atoms with Crippen molar-refractivity contribution in [2.45, 2.75) is 6.92 Å². The van der Waals surface area contributed by atoms with Crippen LogP contribution in [0.25, 0.3) is 22.1 Å². The molecule has 134 valence electrons. The van der Waals surface area contributed by atoms with Crippen molar-refractivity contribution in [2.75, 3.05) is 20.8 Å².